The maximum Gasteiger partial charge on any atom is 0.197 e. The van der Waals surface area contributed by atoms with Crippen LogP contribution in [0.25, 0.3) is 76.2 Å². The molecule has 0 saturated carbocycles. The van der Waals surface area contributed by atoms with Gasteiger partial charge in [0.15, 0.2) is 21.7 Å². The van der Waals surface area contributed by atoms with Gasteiger partial charge in [-0.25, -0.2) is 0 Å². The van der Waals surface area contributed by atoms with Crippen molar-refractivity contribution in [3.63, 3.8) is 0 Å². The highest BCUT2D eigenvalue weighted by atomic mass is 16.1. The maximum absolute atomic E-state index is 13.6. The third kappa shape index (κ3) is 1.45. The van der Waals surface area contributed by atoms with Gasteiger partial charge < -0.3 is 8.80 Å². The fourth-order valence-corrected chi connectivity index (χ4v) is 6.35. The SMILES string of the molecule is O=c1c2cccc3c(=O)c4ccc5c(=O)c6cccc7c(=O)c8ccc1c1c8n(c76)c5c4n1c23. The van der Waals surface area contributed by atoms with Crippen LogP contribution in [0, 0.1) is 0 Å². The van der Waals surface area contributed by atoms with E-state index in [1.54, 1.807) is 60.7 Å². The van der Waals surface area contributed by atoms with Crippen LogP contribution in [0.15, 0.2) is 79.8 Å². The zero-order chi connectivity index (χ0) is 22.6. The van der Waals surface area contributed by atoms with Gasteiger partial charge in [-0.1, -0.05) is 12.1 Å². The zero-order valence-corrected chi connectivity index (χ0v) is 17.3. The molecule has 0 aliphatic heterocycles. The Kier molecular flexibility index (Phi) is 2.41. The van der Waals surface area contributed by atoms with Crippen molar-refractivity contribution in [1.82, 2.24) is 8.80 Å². The second kappa shape index (κ2) is 4.89. The van der Waals surface area contributed by atoms with Crippen LogP contribution in [0.1, 0.15) is 0 Å². The van der Waals surface area contributed by atoms with E-state index >= 15 is 0 Å². The van der Waals surface area contributed by atoms with Crippen molar-refractivity contribution in [1.29, 1.82) is 0 Å². The molecule has 0 N–H and O–H groups in total. The van der Waals surface area contributed by atoms with Crippen LogP contribution >= 0.6 is 0 Å². The molecule has 0 spiro atoms. The molecule has 0 bridgehead atoms. The Labute approximate surface area is 186 Å². The molecule has 0 atom stereocenters. The highest BCUT2D eigenvalue weighted by Gasteiger charge is 2.27. The van der Waals surface area contributed by atoms with E-state index in [0.717, 1.165) is 0 Å². The summed E-state index contributed by atoms with van der Waals surface area (Å²) < 4.78 is 3.87. The standard InChI is InChI=1S/C28H10N2O4/c31-25-11-3-1-4-12-19(11)29-21-15(25)7-9-17-23(21)30-20-13(27(17)33)5-2-6-14(20)28(34)18-10-8-16(26(12)32)22(29)24(18)30/h1-10H. The van der Waals surface area contributed by atoms with Gasteiger partial charge in [-0.3, -0.25) is 19.2 Å². The first-order chi connectivity index (χ1) is 16.6. The minimum absolute atomic E-state index is 0.179. The molecule has 0 amide bonds. The van der Waals surface area contributed by atoms with Crippen LogP contribution < -0.4 is 21.7 Å². The van der Waals surface area contributed by atoms with Gasteiger partial charge in [0.05, 0.1) is 33.1 Å². The van der Waals surface area contributed by atoms with Gasteiger partial charge in [0.2, 0.25) is 0 Å². The van der Waals surface area contributed by atoms with Crippen LogP contribution in [0.4, 0.5) is 0 Å². The molecule has 0 aliphatic rings. The lowest BCUT2D eigenvalue weighted by molar-refractivity contribution is 1.23. The third-order valence-corrected chi connectivity index (χ3v) is 7.67. The second-order valence-electron chi connectivity index (χ2n) is 9.11. The van der Waals surface area contributed by atoms with Crippen molar-refractivity contribution in [2.24, 2.45) is 0 Å². The van der Waals surface area contributed by atoms with Gasteiger partial charge in [0.25, 0.3) is 0 Å². The number of para-hydroxylation sites is 2. The summed E-state index contributed by atoms with van der Waals surface area (Å²) in [6.45, 7) is 0. The van der Waals surface area contributed by atoms with E-state index in [1.807, 2.05) is 8.80 Å². The van der Waals surface area contributed by atoms with E-state index in [2.05, 4.69) is 0 Å². The molecule has 4 aromatic carbocycles. The molecule has 5 heterocycles. The van der Waals surface area contributed by atoms with Gasteiger partial charge >= 0.3 is 0 Å². The number of hydrogen-bond acceptors (Lipinski definition) is 4. The molecule has 0 radical (unpaired) electrons. The summed E-state index contributed by atoms with van der Waals surface area (Å²) in [6, 6.07) is 17.2. The van der Waals surface area contributed by atoms with Crippen LogP contribution in [-0.4, -0.2) is 8.80 Å². The quantitative estimate of drug-likeness (QED) is 0.267. The normalized spacial score (nSPS) is 13.2. The number of rotatable bonds is 0. The summed E-state index contributed by atoms with van der Waals surface area (Å²) in [6.07, 6.45) is 0. The number of nitrogens with zero attached hydrogens (tertiary/aromatic N) is 2. The van der Waals surface area contributed by atoms with E-state index in [9.17, 15) is 19.2 Å². The summed E-state index contributed by atoms with van der Waals surface area (Å²) in [7, 11) is 0. The first-order valence-electron chi connectivity index (χ1n) is 11.0. The first-order valence-corrected chi connectivity index (χ1v) is 11.0. The Hall–Kier alpha value is -4.84. The Morgan fingerprint density at radius 3 is 0.824 bits per heavy atom. The van der Waals surface area contributed by atoms with Crippen molar-refractivity contribution in [3.8, 4) is 0 Å². The summed E-state index contributed by atoms with van der Waals surface area (Å²) >= 11 is 0. The molecule has 0 fully saturated rings. The van der Waals surface area contributed by atoms with E-state index in [-0.39, 0.29) is 21.7 Å². The third-order valence-electron chi connectivity index (χ3n) is 7.67. The first kappa shape index (κ1) is 16.7. The van der Waals surface area contributed by atoms with Crippen molar-refractivity contribution in [2.75, 3.05) is 0 Å². The van der Waals surface area contributed by atoms with Gasteiger partial charge in [-0.15, -0.1) is 0 Å². The zero-order valence-electron chi connectivity index (χ0n) is 17.3. The molecule has 6 nitrogen and oxygen atoms in total. The predicted molar refractivity (Wildman–Crippen MR) is 134 cm³/mol. The number of benzene rings is 4. The van der Waals surface area contributed by atoms with Crippen LogP contribution in [0.3, 0.4) is 0 Å². The molecule has 5 aromatic heterocycles. The highest BCUT2D eigenvalue weighted by Crippen LogP contribution is 2.39. The van der Waals surface area contributed by atoms with Gasteiger partial charge in [0, 0.05) is 43.1 Å². The van der Waals surface area contributed by atoms with E-state index in [4.69, 9.17) is 0 Å². The molecule has 0 saturated heterocycles. The van der Waals surface area contributed by atoms with Crippen molar-refractivity contribution in [2.45, 2.75) is 0 Å². The molecule has 0 unspecified atom stereocenters. The van der Waals surface area contributed by atoms with E-state index in [0.29, 0.717) is 76.2 Å². The molecule has 9 aromatic rings. The van der Waals surface area contributed by atoms with Gasteiger partial charge in [-0.05, 0) is 48.5 Å². The second-order valence-corrected chi connectivity index (χ2v) is 9.11. The average Bonchev–Trinajstić information content (AvgIpc) is 2.87. The predicted octanol–water partition coefficient (Wildman–Crippen LogP) is 3.74. The van der Waals surface area contributed by atoms with Crippen molar-refractivity contribution < 1.29 is 0 Å². The summed E-state index contributed by atoms with van der Waals surface area (Å²) in [4.78, 5) is 54.5. The van der Waals surface area contributed by atoms with Crippen LogP contribution in [-0.2, 0) is 0 Å². The van der Waals surface area contributed by atoms with Crippen molar-refractivity contribution in [3.05, 3.63) is 102 Å². The molecule has 0 aliphatic carbocycles. The highest BCUT2D eigenvalue weighted by molar-refractivity contribution is 6.23. The molecular formula is C28H10N2O4. The summed E-state index contributed by atoms with van der Waals surface area (Å²) in [5, 5.41) is 3.69. The Morgan fingerprint density at radius 1 is 0.324 bits per heavy atom. The fraction of sp³-hybridized carbons (Fsp3) is 0. The Bertz CT molecular complexity index is 2230. The van der Waals surface area contributed by atoms with E-state index in [1.165, 1.54) is 0 Å². The average molecular weight is 438 g/mol. The summed E-state index contributed by atoms with van der Waals surface area (Å²) in [5.74, 6) is 0. The smallest absolute Gasteiger partial charge is 0.197 e. The minimum atomic E-state index is -0.179. The largest absolute Gasteiger partial charge is 0.303 e. The van der Waals surface area contributed by atoms with Crippen LogP contribution in [0.2, 0.25) is 0 Å². The lowest BCUT2D eigenvalue weighted by atomic mass is 9.96. The van der Waals surface area contributed by atoms with Crippen molar-refractivity contribution >= 4 is 76.2 Å². The fourth-order valence-electron chi connectivity index (χ4n) is 6.35. The van der Waals surface area contributed by atoms with Gasteiger partial charge in [0.1, 0.15) is 0 Å². The van der Waals surface area contributed by atoms with E-state index < -0.39 is 0 Å². The maximum atomic E-state index is 13.6. The Balaban J connectivity index is 1.93. The summed E-state index contributed by atoms with van der Waals surface area (Å²) in [5.41, 5.74) is 2.75. The molecule has 9 rings (SSSR count). The molecule has 6 heteroatoms. The van der Waals surface area contributed by atoms with Crippen LogP contribution in [0.5, 0.6) is 0 Å². The molecule has 156 valence electrons. The number of hydrogen-bond donors (Lipinski definition) is 0. The van der Waals surface area contributed by atoms with Gasteiger partial charge in [-0.2, -0.15) is 0 Å². The lowest BCUT2D eigenvalue weighted by Gasteiger charge is -2.24. The minimum Gasteiger partial charge on any atom is -0.303 e. The molecular weight excluding hydrogens is 428 g/mol. The molecule has 34 heavy (non-hydrogen) atoms. The monoisotopic (exact) mass is 438 g/mol. The lowest BCUT2D eigenvalue weighted by Crippen LogP contribution is -2.21. The number of aromatic nitrogens is 2. The number of pyridine rings is 4. The topological polar surface area (TPSA) is 77.1 Å². The Morgan fingerprint density at radius 2 is 0.559 bits per heavy atom.